The van der Waals surface area contributed by atoms with E-state index in [0.717, 1.165) is 42.8 Å². The third-order valence-corrected chi connectivity index (χ3v) is 5.75. The van der Waals surface area contributed by atoms with Gasteiger partial charge in [-0.05, 0) is 56.1 Å². The zero-order chi connectivity index (χ0) is 20.5. The van der Waals surface area contributed by atoms with E-state index in [1.54, 1.807) is 7.05 Å². The van der Waals surface area contributed by atoms with Crippen LogP contribution in [0.4, 0.5) is 4.39 Å². The molecule has 160 valence electrons. The van der Waals surface area contributed by atoms with Gasteiger partial charge in [0, 0.05) is 63.4 Å². The molecular weight excluding hydrogens is 367 g/mol. The molecule has 1 saturated heterocycles. The molecule has 0 bridgehead atoms. The van der Waals surface area contributed by atoms with E-state index < -0.39 is 0 Å². The Morgan fingerprint density at radius 1 is 1.10 bits per heavy atom. The van der Waals surface area contributed by atoms with Crippen LogP contribution in [0.2, 0.25) is 0 Å². The van der Waals surface area contributed by atoms with Crippen molar-refractivity contribution in [1.82, 2.24) is 25.4 Å². The first-order chi connectivity index (χ1) is 14.2. The van der Waals surface area contributed by atoms with Gasteiger partial charge in [0.25, 0.3) is 0 Å². The van der Waals surface area contributed by atoms with Gasteiger partial charge in [-0.1, -0.05) is 6.92 Å². The SMILES string of the molecule is CCN1CCN(CCCCNC(=NC)NCCc2c[nH]c3cc(F)ccc23)CC1. The third kappa shape index (κ3) is 6.44. The van der Waals surface area contributed by atoms with Crippen LogP contribution < -0.4 is 10.6 Å². The number of nitrogens with zero attached hydrogens (tertiary/aromatic N) is 3. The smallest absolute Gasteiger partial charge is 0.190 e. The number of aromatic amines is 1. The maximum atomic E-state index is 13.3. The molecule has 0 aliphatic carbocycles. The quantitative estimate of drug-likeness (QED) is 0.343. The first-order valence-corrected chi connectivity index (χ1v) is 10.8. The van der Waals surface area contributed by atoms with Crippen molar-refractivity contribution in [3.63, 3.8) is 0 Å². The summed E-state index contributed by atoms with van der Waals surface area (Å²) in [5.41, 5.74) is 2.03. The van der Waals surface area contributed by atoms with Gasteiger partial charge in [-0.25, -0.2) is 4.39 Å². The molecule has 1 aliphatic heterocycles. The van der Waals surface area contributed by atoms with Crippen LogP contribution in [0.1, 0.15) is 25.3 Å². The molecule has 0 saturated carbocycles. The third-order valence-electron chi connectivity index (χ3n) is 5.75. The van der Waals surface area contributed by atoms with Crippen molar-refractivity contribution in [2.24, 2.45) is 4.99 Å². The molecule has 3 N–H and O–H groups in total. The Balaban J connectivity index is 1.29. The molecule has 1 aromatic carbocycles. The number of hydrogen-bond acceptors (Lipinski definition) is 3. The predicted molar refractivity (Wildman–Crippen MR) is 119 cm³/mol. The molecule has 0 unspecified atom stereocenters. The van der Waals surface area contributed by atoms with Gasteiger partial charge in [0.05, 0.1) is 0 Å². The number of likely N-dealkylation sites (N-methyl/N-ethyl adjacent to an activating group) is 1. The summed E-state index contributed by atoms with van der Waals surface area (Å²) in [7, 11) is 1.80. The number of aliphatic imine (C=N–C) groups is 1. The molecule has 7 heteroatoms. The zero-order valence-corrected chi connectivity index (χ0v) is 17.8. The molecule has 1 fully saturated rings. The van der Waals surface area contributed by atoms with Crippen molar-refractivity contribution in [3.05, 3.63) is 35.8 Å². The summed E-state index contributed by atoms with van der Waals surface area (Å²) in [6.07, 6.45) is 5.17. The average Bonchev–Trinajstić information content (AvgIpc) is 3.14. The maximum Gasteiger partial charge on any atom is 0.190 e. The van der Waals surface area contributed by atoms with Crippen molar-refractivity contribution in [2.75, 3.05) is 59.4 Å². The Morgan fingerprint density at radius 3 is 2.62 bits per heavy atom. The summed E-state index contributed by atoms with van der Waals surface area (Å²) >= 11 is 0. The van der Waals surface area contributed by atoms with Crippen LogP contribution in [-0.2, 0) is 6.42 Å². The van der Waals surface area contributed by atoms with E-state index in [-0.39, 0.29) is 5.82 Å². The van der Waals surface area contributed by atoms with E-state index in [2.05, 4.69) is 37.3 Å². The van der Waals surface area contributed by atoms with Gasteiger partial charge in [-0.15, -0.1) is 0 Å². The number of unbranched alkanes of at least 4 members (excludes halogenated alkanes) is 1. The Kier molecular flexibility index (Phi) is 8.31. The molecule has 1 aromatic heterocycles. The van der Waals surface area contributed by atoms with E-state index in [9.17, 15) is 4.39 Å². The molecule has 29 heavy (non-hydrogen) atoms. The number of fused-ring (bicyclic) bond motifs is 1. The molecule has 6 nitrogen and oxygen atoms in total. The molecule has 2 heterocycles. The number of nitrogens with one attached hydrogen (secondary N) is 3. The highest BCUT2D eigenvalue weighted by atomic mass is 19.1. The zero-order valence-electron chi connectivity index (χ0n) is 17.8. The van der Waals surface area contributed by atoms with E-state index in [4.69, 9.17) is 0 Å². The summed E-state index contributed by atoms with van der Waals surface area (Å²) in [6, 6.07) is 4.89. The molecule has 2 aromatic rings. The molecular formula is C22H35FN6. The second-order valence-corrected chi connectivity index (χ2v) is 7.66. The molecule has 0 radical (unpaired) electrons. The van der Waals surface area contributed by atoms with Crippen LogP contribution >= 0.6 is 0 Å². The average molecular weight is 403 g/mol. The van der Waals surface area contributed by atoms with Crippen molar-refractivity contribution in [3.8, 4) is 0 Å². The minimum Gasteiger partial charge on any atom is -0.361 e. The molecule has 3 rings (SSSR count). The maximum absolute atomic E-state index is 13.3. The molecule has 0 atom stereocenters. The number of aromatic nitrogens is 1. The number of rotatable bonds is 9. The van der Waals surface area contributed by atoms with Crippen molar-refractivity contribution in [1.29, 1.82) is 0 Å². The van der Waals surface area contributed by atoms with Crippen LogP contribution in [0.5, 0.6) is 0 Å². The summed E-state index contributed by atoms with van der Waals surface area (Å²) in [5, 5.41) is 7.85. The lowest BCUT2D eigenvalue weighted by atomic mass is 10.1. The van der Waals surface area contributed by atoms with Crippen molar-refractivity contribution >= 4 is 16.9 Å². The van der Waals surface area contributed by atoms with E-state index in [1.807, 2.05) is 12.3 Å². The number of hydrogen-bond donors (Lipinski definition) is 3. The predicted octanol–water partition coefficient (Wildman–Crippen LogP) is 2.43. The van der Waals surface area contributed by atoms with Gasteiger partial charge < -0.3 is 25.4 Å². The second kappa shape index (κ2) is 11.2. The first-order valence-electron chi connectivity index (χ1n) is 10.8. The Hall–Kier alpha value is -2.12. The summed E-state index contributed by atoms with van der Waals surface area (Å²) in [4.78, 5) is 12.5. The molecule has 0 amide bonds. The Morgan fingerprint density at radius 2 is 1.86 bits per heavy atom. The minimum absolute atomic E-state index is 0.211. The van der Waals surface area contributed by atoms with E-state index in [0.29, 0.717) is 0 Å². The number of H-pyrrole nitrogens is 1. The summed E-state index contributed by atoms with van der Waals surface area (Å²) in [5.74, 6) is 0.629. The lowest BCUT2D eigenvalue weighted by Crippen LogP contribution is -2.46. The number of halogens is 1. The van der Waals surface area contributed by atoms with E-state index >= 15 is 0 Å². The molecule has 0 spiro atoms. The normalized spacial score (nSPS) is 16.4. The van der Waals surface area contributed by atoms with Gasteiger partial charge in [-0.3, -0.25) is 4.99 Å². The van der Waals surface area contributed by atoms with E-state index in [1.165, 1.54) is 63.4 Å². The monoisotopic (exact) mass is 402 g/mol. The van der Waals surface area contributed by atoms with Crippen LogP contribution in [0.15, 0.2) is 29.4 Å². The number of piperazine rings is 1. The Bertz CT molecular complexity index is 779. The van der Waals surface area contributed by atoms with Gasteiger partial charge >= 0.3 is 0 Å². The number of benzene rings is 1. The van der Waals surface area contributed by atoms with Gasteiger partial charge in [-0.2, -0.15) is 0 Å². The number of guanidine groups is 1. The second-order valence-electron chi connectivity index (χ2n) is 7.66. The lowest BCUT2D eigenvalue weighted by molar-refractivity contribution is 0.136. The van der Waals surface area contributed by atoms with Crippen LogP contribution in [0.25, 0.3) is 10.9 Å². The van der Waals surface area contributed by atoms with Gasteiger partial charge in [0.2, 0.25) is 0 Å². The minimum atomic E-state index is -0.211. The van der Waals surface area contributed by atoms with Crippen molar-refractivity contribution < 1.29 is 4.39 Å². The van der Waals surface area contributed by atoms with Crippen LogP contribution in [-0.4, -0.2) is 80.1 Å². The summed E-state index contributed by atoms with van der Waals surface area (Å²) < 4.78 is 13.3. The highest BCUT2D eigenvalue weighted by Gasteiger charge is 2.14. The topological polar surface area (TPSA) is 58.7 Å². The van der Waals surface area contributed by atoms with Crippen molar-refractivity contribution in [2.45, 2.75) is 26.2 Å². The highest BCUT2D eigenvalue weighted by Crippen LogP contribution is 2.19. The molecule has 1 aliphatic rings. The highest BCUT2D eigenvalue weighted by molar-refractivity contribution is 5.83. The van der Waals surface area contributed by atoms with Gasteiger partial charge in [0.15, 0.2) is 5.96 Å². The van der Waals surface area contributed by atoms with Gasteiger partial charge in [0.1, 0.15) is 5.82 Å². The van der Waals surface area contributed by atoms with Crippen LogP contribution in [0.3, 0.4) is 0 Å². The Labute approximate surface area is 173 Å². The first kappa shape index (κ1) is 21.6. The largest absolute Gasteiger partial charge is 0.361 e. The summed E-state index contributed by atoms with van der Waals surface area (Å²) in [6.45, 7) is 11.1. The fraction of sp³-hybridized carbons (Fsp3) is 0.591. The lowest BCUT2D eigenvalue weighted by Gasteiger charge is -2.34. The fourth-order valence-corrected chi connectivity index (χ4v) is 3.90. The van der Waals surface area contributed by atoms with Crippen LogP contribution in [0, 0.1) is 5.82 Å². The standard InChI is InChI=1S/C22H35FN6/c1-3-28-12-14-29(15-13-28)11-5-4-9-25-22(24-2)26-10-8-18-17-27-21-16-19(23)6-7-20(18)21/h6-7,16-17,27H,3-5,8-15H2,1-2H3,(H2,24,25,26). The fourth-order valence-electron chi connectivity index (χ4n) is 3.90.